The quantitative estimate of drug-likeness (QED) is 0.610. The summed E-state index contributed by atoms with van der Waals surface area (Å²) in [6, 6.07) is 16.7. The Kier molecular flexibility index (Phi) is 6.32. The molecule has 23 heavy (non-hydrogen) atoms. The minimum absolute atomic E-state index is 0.194. The molecule has 0 fully saturated rings. The van der Waals surface area contributed by atoms with Gasteiger partial charge in [-0.1, -0.05) is 42.5 Å². The molecule has 0 aliphatic carbocycles. The number of rotatable bonds is 7. The molecule has 2 aromatic carbocycles. The number of carbonyl (C=O) groups is 1. The molecule has 0 spiro atoms. The summed E-state index contributed by atoms with van der Waals surface area (Å²) in [6.07, 6.45) is 1.42. The van der Waals surface area contributed by atoms with Gasteiger partial charge in [-0.15, -0.1) is 0 Å². The topological polar surface area (TPSA) is 70.9 Å². The van der Waals surface area contributed by atoms with Gasteiger partial charge in [0.25, 0.3) is 0 Å². The molecule has 2 rings (SSSR count). The van der Waals surface area contributed by atoms with Gasteiger partial charge in [-0.25, -0.2) is 5.43 Å². The van der Waals surface area contributed by atoms with Gasteiger partial charge >= 0.3 is 0 Å². The van der Waals surface area contributed by atoms with Gasteiger partial charge in [-0.3, -0.25) is 4.79 Å². The third-order valence-electron chi connectivity index (χ3n) is 3.36. The van der Waals surface area contributed by atoms with Gasteiger partial charge in [0.05, 0.1) is 19.4 Å². The molecule has 0 aromatic heterocycles. The number of amides is 1. The van der Waals surface area contributed by atoms with E-state index in [4.69, 9.17) is 4.74 Å². The molecule has 5 heteroatoms. The second-order valence-electron chi connectivity index (χ2n) is 5.00. The molecule has 5 nitrogen and oxygen atoms in total. The summed E-state index contributed by atoms with van der Waals surface area (Å²) in [5.74, 6) is 0.441. The first-order valence-electron chi connectivity index (χ1n) is 7.38. The number of nitrogens with zero attached hydrogens (tertiary/aromatic N) is 1. The van der Waals surface area contributed by atoms with Crippen LogP contribution >= 0.6 is 0 Å². The van der Waals surface area contributed by atoms with Crippen molar-refractivity contribution in [3.8, 4) is 5.75 Å². The van der Waals surface area contributed by atoms with Crippen LogP contribution in [0.15, 0.2) is 59.7 Å². The van der Waals surface area contributed by atoms with Gasteiger partial charge in [0.1, 0.15) is 5.75 Å². The Bertz CT molecular complexity index is 656. The minimum Gasteiger partial charge on any atom is -0.496 e. The van der Waals surface area contributed by atoms with E-state index >= 15 is 0 Å². The summed E-state index contributed by atoms with van der Waals surface area (Å²) in [6.45, 7) is 0. The van der Waals surface area contributed by atoms with Gasteiger partial charge < -0.3 is 9.84 Å². The van der Waals surface area contributed by atoms with Crippen molar-refractivity contribution in [3.05, 3.63) is 65.7 Å². The first-order chi connectivity index (χ1) is 11.2. The molecule has 0 heterocycles. The number of nitrogens with one attached hydrogen (secondary N) is 1. The lowest BCUT2D eigenvalue weighted by Gasteiger charge is -2.09. The zero-order chi connectivity index (χ0) is 16.5. The van der Waals surface area contributed by atoms with E-state index < -0.39 is 6.10 Å². The lowest BCUT2D eigenvalue weighted by Crippen LogP contribution is -2.18. The number of hydrogen-bond donors (Lipinski definition) is 2. The van der Waals surface area contributed by atoms with Crippen LogP contribution in [0.2, 0.25) is 0 Å². The Hall–Kier alpha value is -2.66. The Labute approximate surface area is 135 Å². The lowest BCUT2D eigenvalue weighted by molar-refractivity contribution is -0.121. The Morgan fingerprint density at radius 3 is 2.65 bits per heavy atom. The van der Waals surface area contributed by atoms with Crippen molar-refractivity contribution in [3.63, 3.8) is 0 Å². The standard InChI is InChI=1S/C18H20N2O3/c1-23-17-10-6-5-9-15(17)13-19-20-18(22)12-11-16(21)14-7-3-2-4-8-14/h2-10,13,16,21H,11-12H2,1H3,(H,20,22)/b19-13-/t16-/m1/s1. The molecule has 0 unspecified atom stereocenters. The monoisotopic (exact) mass is 312 g/mol. The molecule has 0 saturated heterocycles. The van der Waals surface area contributed by atoms with E-state index in [1.165, 1.54) is 6.21 Å². The molecule has 0 bridgehead atoms. The van der Waals surface area contributed by atoms with Gasteiger partial charge in [0, 0.05) is 12.0 Å². The fourth-order valence-electron chi connectivity index (χ4n) is 2.11. The number of hydrogen-bond acceptors (Lipinski definition) is 4. The number of ether oxygens (including phenoxy) is 1. The Morgan fingerprint density at radius 1 is 1.22 bits per heavy atom. The second kappa shape index (κ2) is 8.70. The molecular formula is C18H20N2O3. The zero-order valence-electron chi connectivity index (χ0n) is 13.0. The van der Waals surface area contributed by atoms with Gasteiger partial charge in [0.15, 0.2) is 0 Å². The summed E-state index contributed by atoms with van der Waals surface area (Å²) in [4.78, 5) is 11.8. The van der Waals surface area contributed by atoms with Crippen LogP contribution in [0, 0.1) is 0 Å². The van der Waals surface area contributed by atoms with E-state index in [-0.39, 0.29) is 12.3 Å². The highest BCUT2D eigenvalue weighted by Crippen LogP contribution is 2.17. The predicted molar refractivity (Wildman–Crippen MR) is 89.4 cm³/mol. The highest BCUT2D eigenvalue weighted by atomic mass is 16.5. The van der Waals surface area contributed by atoms with Crippen molar-refractivity contribution >= 4 is 12.1 Å². The van der Waals surface area contributed by atoms with E-state index in [9.17, 15) is 9.90 Å². The fraction of sp³-hybridized carbons (Fsp3) is 0.222. The number of carbonyl (C=O) groups excluding carboxylic acids is 1. The average Bonchev–Trinajstić information content (AvgIpc) is 2.61. The van der Waals surface area contributed by atoms with E-state index in [0.29, 0.717) is 12.2 Å². The average molecular weight is 312 g/mol. The van der Waals surface area contributed by atoms with Crippen LogP contribution in [0.1, 0.15) is 30.1 Å². The highest BCUT2D eigenvalue weighted by molar-refractivity contribution is 5.85. The second-order valence-corrected chi connectivity index (χ2v) is 5.00. The molecule has 0 aliphatic rings. The van der Waals surface area contributed by atoms with Crippen molar-refractivity contribution in [2.45, 2.75) is 18.9 Å². The van der Waals surface area contributed by atoms with Gasteiger partial charge in [-0.2, -0.15) is 5.10 Å². The summed E-state index contributed by atoms with van der Waals surface area (Å²) < 4.78 is 5.19. The number of benzene rings is 2. The van der Waals surface area contributed by atoms with Crippen LogP contribution < -0.4 is 10.2 Å². The largest absolute Gasteiger partial charge is 0.496 e. The molecule has 120 valence electrons. The Balaban J connectivity index is 1.80. The first-order valence-corrected chi connectivity index (χ1v) is 7.38. The van der Waals surface area contributed by atoms with E-state index in [1.54, 1.807) is 7.11 Å². The summed E-state index contributed by atoms with van der Waals surface area (Å²) in [5, 5.41) is 13.9. The Morgan fingerprint density at radius 2 is 1.91 bits per heavy atom. The zero-order valence-corrected chi connectivity index (χ0v) is 13.0. The number of aliphatic hydroxyl groups excluding tert-OH is 1. The molecule has 0 radical (unpaired) electrons. The summed E-state index contributed by atoms with van der Waals surface area (Å²) in [5.41, 5.74) is 4.03. The maximum absolute atomic E-state index is 11.8. The number of para-hydroxylation sites is 1. The van der Waals surface area contributed by atoms with Crippen molar-refractivity contribution < 1.29 is 14.6 Å². The SMILES string of the molecule is COc1ccccc1/C=N\NC(=O)CC[C@@H](O)c1ccccc1. The lowest BCUT2D eigenvalue weighted by atomic mass is 10.1. The van der Waals surface area contributed by atoms with Gasteiger partial charge in [0.2, 0.25) is 5.91 Å². The fourth-order valence-corrected chi connectivity index (χ4v) is 2.11. The number of methoxy groups -OCH3 is 1. The molecule has 0 aliphatic heterocycles. The number of hydrazone groups is 1. The third-order valence-corrected chi connectivity index (χ3v) is 3.36. The molecular weight excluding hydrogens is 292 g/mol. The van der Waals surface area contributed by atoms with Crippen molar-refractivity contribution in [1.29, 1.82) is 0 Å². The summed E-state index contributed by atoms with van der Waals surface area (Å²) in [7, 11) is 1.58. The maximum atomic E-state index is 11.8. The minimum atomic E-state index is -0.653. The van der Waals surface area contributed by atoms with E-state index in [1.807, 2.05) is 54.6 Å². The summed E-state index contributed by atoms with van der Waals surface area (Å²) >= 11 is 0. The van der Waals surface area contributed by atoms with Crippen molar-refractivity contribution in [1.82, 2.24) is 5.43 Å². The molecule has 1 atom stereocenters. The molecule has 1 amide bonds. The van der Waals surface area contributed by atoms with Crippen LogP contribution in [-0.2, 0) is 4.79 Å². The van der Waals surface area contributed by atoms with Crippen LogP contribution in [0.25, 0.3) is 0 Å². The molecule has 2 N–H and O–H groups in total. The normalized spacial score (nSPS) is 12.1. The smallest absolute Gasteiger partial charge is 0.240 e. The highest BCUT2D eigenvalue weighted by Gasteiger charge is 2.09. The predicted octanol–water partition coefficient (Wildman–Crippen LogP) is 2.66. The van der Waals surface area contributed by atoms with Crippen molar-refractivity contribution in [2.24, 2.45) is 5.10 Å². The molecule has 2 aromatic rings. The maximum Gasteiger partial charge on any atom is 0.240 e. The third kappa shape index (κ3) is 5.23. The van der Waals surface area contributed by atoms with E-state index in [2.05, 4.69) is 10.5 Å². The van der Waals surface area contributed by atoms with Crippen LogP contribution in [0.4, 0.5) is 0 Å². The van der Waals surface area contributed by atoms with Crippen LogP contribution in [-0.4, -0.2) is 24.3 Å². The molecule has 0 saturated carbocycles. The van der Waals surface area contributed by atoms with Gasteiger partial charge in [-0.05, 0) is 24.1 Å². The van der Waals surface area contributed by atoms with Crippen LogP contribution in [0.5, 0.6) is 5.75 Å². The van der Waals surface area contributed by atoms with Crippen LogP contribution in [0.3, 0.4) is 0 Å². The number of aliphatic hydroxyl groups is 1. The first kappa shape index (κ1) is 16.7. The van der Waals surface area contributed by atoms with E-state index in [0.717, 1.165) is 11.1 Å². The van der Waals surface area contributed by atoms with Crippen molar-refractivity contribution in [2.75, 3.05) is 7.11 Å².